The highest BCUT2D eigenvalue weighted by atomic mass is 32.1. The lowest BCUT2D eigenvalue weighted by Gasteiger charge is -2.08. The van der Waals surface area contributed by atoms with Crippen LogP contribution in [-0.2, 0) is 11.3 Å². The van der Waals surface area contributed by atoms with Gasteiger partial charge in [-0.3, -0.25) is 0 Å². The van der Waals surface area contributed by atoms with Crippen molar-refractivity contribution in [3.63, 3.8) is 0 Å². The number of rotatable bonds is 8. The summed E-state index contributed by atoms with van der Waals surface area (Å²) in [7, 11) is 1.67. The zero-order chi connectivity index (χ0) is 14.4. The monoisotopic (exact) mass is 296 g/mol. The summed E-state index contributed by atoms with van der Waals surface area (Å²) in [5.74, 6) is 0.568. The lowest BCUT2D eigenvalue weighted by Crippen LogP contribution is -2.18. The maximum absolute atomic E-state index is 5.53. The van der Waals surface area contributed by atoms with Gasteiger partial charge in [-0.25, -0.2) is 0 Å². The highest BCUT2D eigenvalue weighted by molar-refractivity contribution is 7.12. The van der Waals surface area contributed by atoms with E-state index in [0.717, 1.165) is 6.54 Å². The van der Waals surface area contributed by atoms with Gasteiger partial charge < -0.3 is 19.8 Å². The van der Waals surface area contributed by atoms with E-state index in [1.165, 1.54) is 9.75 Å². The molecule has 1 unspecified atom stereocenters. The number of aromatic nitrogens is 2. The summed E-state index contributed by atoms with van der Waals surface area (Å²) in [6.07, 6.45) is 0. The zero-order valence-electron chi connectivity index (χ0n) is 12.0. The Morgan fingerprint density at radius 3 is 2.95 bits per heavy atom. The fraction of sp³-hybridized carbons (Fsp3) is 0.538. The highest BCUT2D eigenvalue weighted by Gasteiger charge is 2.12. The smallest absolute Gasteiger partial charge is 0.316 e. The van der Waals surface area contributed by atoms with Crippen LogP contribution in [-0.4, -0.2) is 30.5 Å². The van der Waals surface area contributed by atoms with E-state index in [2.05, 4.69) is 46.8 Å². The van der Waals surface area contributed by atoms with Gasteiger partial charge in [0, 0.05) is 23.4 Å². The fourth-order valence-corrected chi connectivity index (χ4v) is 2.58. The molecule has 0 bridgehead atoms. The molecule has 2 heterocycles. The molecular formula is C13H20N4O2S. The van der Waals surface area contributed by atoms with E-state index in [4.69, 9.17) is 9.15 Å². The Bertz CT molecular complexity index is 526. The highest BCUT2D eigenvalue weighted by Crippen LogP contribution is 2.25. The van der Waals surface area contributed by atoms with Crippen LogP contribution in [0.15, 0.2) is 16.5 Å². The lowest BCUT2D eigenvalue weighted by molar-refractivity contribution is 0.198. The molecule has 1 atom stereocenters. The van der Waals surface area contributed by atoms with Crippen molar-refractivity contribution in [2.75, 3.05) is 25.6 Å². The summed E-state index contributed by atoms with van der Waals surface area (Å²) in [6, 6.07) is 4.83. The van der Waals surface area contributed by atoms with Crippen LogP contribution in [0.4, 0.5) is 6.01 Å². The number of nitrogens with one attached hydrogen (secondary N) is 2. The molecule has 0 saturated carbocycles. The minimum Gasteiger partial charge on any atom is -0.407 e. The van der Waals surface area contributed by atoms with Crippen molar-refractivity contribution < 1.29 is 9.15 Å². The Labute approximate surface area is 122 Å². The minimum absolute atomic E-state index is 0.156. The second-order valence-electron chi connectivity index (χ2n) is 4.48. The third-order valence-electron chi connectivity index (χ3n) is 2.75. The minimum atomic E-state index is 0.156. The average molecular weight is 296 g/mol. The number of methoxy groups -OCH3 is 1. The number of hydrogen-bond acceptors (Lipinski definition) is 7. The van der Waals surface area contributed by atoms with Gasteiger partial charge in [0.1, 0.15) is 0 Å². The normalized spacial score (nSPS) is 12.6. The Morgan fingerprint density at radius 1 is 1.40 bits per heavy atom. The first-order chi connectivity index (χ1) is 9.69. The molecule has 2 rings (SSSR count). The summed E-state index contributed by atoms with van der Waals surface area (Å²) in [4.78, 5) is 2.54. The van der Waals surface area contributed by atoms with Crippen LogP contribution in [0, 0.1) is 6.92 Å². The van der Waals surface area contributed by atoms with E-state index in [9.17, 15) is 0 Å². The Hall–Kier alpha value is -1.44. The second-order valence-corrected chi connectivity index (χ2v) is 5.80. The standard InChI is InChI=1S/C13H20N4O2S/c1-9-4-5-11(20-9)10(2)15-13-17-16-12(19-13)8-14-6-7-18-3/h4-5,10,14H,6-8H2,1-3H3,(H,15,17). The molecule has 110 valence electrons. The van der Waals surface area contributed by atoms with Crippen molar-refractivity contribution in [2.24, 2.45) is 0 Å². The predicted molar refractivity (Wildman–Crippen MR) is 79.0 cm³/mol. The predicted octanol–water partition coefficient (Wildman–Crippen LogP) is 2.35. The first kappa shape index (κ1) is 15.0. The van der Waals surface area contributed by atoms with Crippen LogP contribution >= 0.6 is 11.3 Å². The van der Waals surface area contributed by atoms with Crippen LogP contribution < -0.4 is 10.6 Å². The summed E-state index contributed by atoms with van der Waals surface area (Å²) >= 11 is 1.76. The Kier molecular flexibility index (Phi) is 5.51. The maximum atomic E-state index is 5.53. The van der Waals surface area contributed by atoms with Gasteiger partial charge in [0.2, 0.25) is 5.89 Å². The van der Waals surface area contributed by atoms with Crippen LogP contribution in [0.3, 0.4) is 0 Å². The summed E-state index contributed by atoms with van der Waals surface area (Å²) in [5, 5.41) is 14.3. The number of aryl methyl sites for hydroxylation is 1. The molecule has 0 aliphatic rings. The lowest BCUT2D eigenvalue weighted by atomic mass is 10.3. The van der Waals surface area contributed by atoms with Gasteiger partial charge in [0.25, 0.3) is 0 Å². The number of anilines is 1. The topological polar surface area (TPSA) is 72.2 Å². The third-order valence-corrected chi connectivity index (χ3v) is 3.94. The van der Waals surface area contributed by atoms with E-state index in [1.54, 1.807) is 18.4 Å². The largest absolute Gasteiger partial charge is 0.407 e. The van der Waals surface area contributed by atoms with Gasteiger partial charge in [-0.2, -0.15) is 0 Å². The van der Waals surface area contributed by atoms with Crippen LogP contribution in [0.5, 0.6) is 0 Å². The number of ether oxygens (including phenoxy) is 1. The first-order valence-corrected chi connectivity index (χ1v) is 7.35. The third kappa shape index (κ3) is 4.29. The summed E-state index contributed by atoms with van der Waals surface area (Å²) in [5.41, 5.74) is 0. The number of hydrogen-bond donors (Lipinski definition) is 2. The van der Waals surface area contributed by atoms with Gasteiger partial charge in [-0.1, -0.05) is 5.10 Å². The van der Waals surface area contributed by atoms with Crippen molar-refractivity contribution in [3.05, 3.63) is 27.8 Å². The SMILES string of the molecule is COCCNCc1nnc(NC(C)c2ccc(C)s2)o1. The molecule has 0 aliphatic carbocycles. The van der Waals surface area contributed by atoms with Crippen LogP contribution in [0.1, 0.15) is 28.6 Å². The molecule has 2 aromatic heterocycles. The number of nitrogens with zero attached hydrogens (tertiary/aromatic N) is 2. The van der Waals surface area contributed by atoms with E-state index in [1.807, 2.05) is 0 Å². The van der Waals surface area contributed by atoms with Gasteiger partial charge in [0.15, 0.2) is 0 Å². The summed E-state index contributed by atoms with van der Waals surface area (Å²) in [6.45, 7) is 6.13. The molecule has 2 aromatic rings. The van der Waals surface area contributed by atoms with Crippen molar-refractivity contribution in [3.8, 4) is 0 Å². The Morgan fingerprint density at radius 2 is 2.25 bits per heavy atom. The van der Waals surface area contributed by atoms with Gasteiger partial charge in [0.05, 0.1) is 19.2 Å². The second kappa shape index (κ2) is 7.37. The van der Waals surface area contributed by atoms with Crippen LogP contribution in [0.2, 0.25) is 0 Å². The molecular weight excluding hydrogens is 276 g/mol. The van der Waals surface area contributed by atoms with Gasteiger partial charge in [-0.15, -0.1) is 16.4 Å². The molecule has 2 N–H and O–H groups in total. The average Bonchev–Trinajstić information content (AvgIpc) is 3.04. The summed E-state index contributed by atoms with van der Waals surface area (Å²) < 4.78 is 10.5. The molecule has 0 aromatic carbocycles. The van der Waals surface area contributed by atoms with E-state index >= 15 is 0 Å². The maximum Gasteiger partial charge on any atom is 0.316 e. The molecule has 20 heavy (non-hydrogen) atoms. The molecule has 0 amide bonds. The molecule has 0 spiro atoms. The molecule has 6 nitrogen and oxygen atoms in total. The molecule has 0 aliphatic heterocycles. The van der Waals surface area contributed by atoms with Crippen LogP contribution in [0.25, 0.3) is 0 Å². The van der Waals surface area contributed by atoms with E-state index in [0.29, 0.717) is 25.1 Å². The molecule has 0 radical (unpaired) electrons. The van der Waals surface area contributed by atoms with E-state index < -0.39 is 0 Å². The van der Waals surface area contributed by atoms with Crippen molar-refractivity contribution in [1.29, 1.82) is 0 Å². The number of thiophene rings is 1. The Balaban J connectivity index is 1.83. The van der Waals surface area contributed by atoms with Crippen molar-refractivity contribution >= 4 is 17.4 Å². The zero-order valence-corrected chi connectivity index (χ0v) is 12.8. The van der Waals surface area contributed by atoms with Gasteiger partial charge >= 0.3 is 6.01 Å². The fourth-order valence-electron chi connectivity index (χ4n) is 1.70. The molecule has 0 saturated heterocycles. The van der Waals surface area contributed by atoms with E-state index in [-0.39, 0.29) is 6.04 Å². The first-order valence-electron chi connectivity index (χ1n) is 6.54. The quantitative estimate of drug-likeness (QED) is 0.729. The van der Waals surface area contributed by atoms with Crippen molar-refractivity contribution in [2.45, 2.75) is 26.4 Å². The van der Waals surface area contributed by atoms with Crippen molar-refractivity contribution in [1.82, 2.24) is 15.5 Å². The van der Waals surface area contributed by atoms with Gasteiger partial charge in [-0.05, 0) is 26.0 Å². The molecule has 0 fully saturated rings. The molecule has 7 heteroatoms.